The Bertz CT molecular complexity index is 1410. The van der Waals surface area contributed by atoms with Crippen LogP contribution < -0.4 is 15.4 Å². The molecule has 0 radical (unpaired) electrons. The van der Waals surface area contributed by atoms with Crippen LogP contribution in [0, 0.1) is 6.92 Å². The maximum Gasteiger partial charge on any atom is 0.429 e. The number of pyridine rings is 1. The van der Waals surface area contributed by atoms with E-state index in [4.69, 9.17) is 4.74 Å². The summed E-state index contributed by atoms with van der Waals surface area (Å²) in [6, 6.07) is 24.4. The zero-order valence-electron chi connectivity index (χ0n) is 20.3. The molecule has 1 atom stereocenters. The predicted molar refractivity (Wildman–Crippen MR) is 137 cm³/mol. The third-order valence-corrected chi connectivity index (χ3v) is 5.64. The Morgan fingerprint density at radius 1 is 0.921 bits per heavy atom. The molecule has 9 heteroatoms. The second-order valence-corrected chi connectivity index (χ2v) is 8.52. The van der Waals surface area contributed by atoms with Gasteiger partial charge in [0.2, 0.25) is 12.0 Å². The minimum atomic E-state index is -4.66. The van der Waals surface area contributed by atoms with Crippen molar-refractivity contribution in [2.24, 2.45) is 0 Å². The molecule has 0 aliphatic heterocycles. The van der Waals surface area contributed by atoms with Crippen molar-refractivity contribution in [2.75, 3.05) is 5.32 Å². The Balaban J connectivity index is 1.42. The van der Waals surface area contributed by atoms with Crippen LogP contribution in [0.15, 0.2) is 97.2 Å². The van der Waals surface area contributed by atoms with Gasteiger partial charge in [-0.25, -0.2) is 9.78 Å². The van der Waals surface area contributed by atoms with Crippen molar-refractivity contribution in [1.82, 2.24) is 10.3 Å². The first-order valence-electron chi connectivity index (χ1n) is 11.7. The van der Waals surface area contributed by atoms with Gasteiger partial charge in [-0.15, -0.1) is 0 Å². The highest BCUT2D eigenvalue weighted by Crippen LogP contribution is 2.37. The number of aryl methyl sites for hydroxylation is 1. The highest BCUT2D eigenvalue weighted by Gasteiger charge is 2.43. The lowest BCUT2D eigenvalue weighted by Crippen LogP contribution is -2.35. The topological polar surface area (TPSA) is 80.3 Å². The molecule has 3 aromatic carbocycles. The quantitative estimate of drug-likeness (QED) is 0.287. The van der Waals surface area contributed by atoms with E-state index in [0.29, 0.717) is 12.0 Å². The van der Waals surface area contributed by atoms with Crippen LogP contribution in [0.25, 0.3) is 0 Å². The van der Waals surface area contributed by atoms with E-state index < -0.39 is 24.2 Å². The van der Waals surface area contributed by atoms with Crippen molar-refractivity contribution >= 4 is 17.6 Å². The van der Waals surface area contributed by atoms with Gasteiger partial charge in [0.25, 0.3) is 5.91 Å². The number of ether oxygens (including phenoxy) is 1. The molecule has 3 amide bonds. The van der Waals surface area contributed by atoms with Gasteiger partial charge in [-0.1, -0.05) is 78.9 Å². The van der Waals surface area contributed by atoms with Crippen LogP contribution in [0.5, 0.6) is 5.88 Å². The number of rotatable bonds is 7. The molecule has 0 saturated carbocycles. The number of hydrogen-bond donors (Lipinski definition) is 2. The van der Waals surface area contributed by atoms with Gasteiger partial charge in [0.1, 0.15) is 0 Å². The normalized spacial score (nSPS) is 11.9. The summed E-state index contributed by atoms with van der Waals surface area (Å²) in [6.45, 7) is 1.51. The summed E-state index contributed by atoms with van der Waals surface area (Å²) >= 11 is 0. The number of carbonyl (C=O) groups is 2. The van der Waals surface area contributed by atoms with E-state index in [1.807, 2.05) is 42.5 Å². The van der Waals surface area contributed by atoms with E-state index in [-0.39, 0.29) is 22.7 Å². The summed E-state index contributed by atoms with van der Waals surface area (Å²) in [5, 5.41) is 4.77. The van der Waals surface area contributed by atoms with Gasteiger partial charge in [-0.05, 0) is 36.6 Å². The van der Waals surface area contributed by atoms with Crippen molar-refractivity contribution in [3.8, 4) is 5.88 Å². The molecule has 0 bridgehead atoms. The second-order valence-electron chi connectivity index (χ2n) is 8.52. The molecule has 38 heavy (non-hydrogen) atoms. The van der Waals surface area contributed by atoms with Crippen LogP contribution in [-0.4, -0.2) is 23.1 Å². The molecule has 0 saturated heterocycles. The van der Waals surface area contributed by atoms with Gasteiger partial charge in [0, 0.05) is 16.7 Å². The Hall–Kier alpha value is -4.66. The van der Waals surface area contributed by atoms with Crippen molar-refractivity contribution < 1.29 is 27.5 Å². The fourth-order valence-corrected chi connectivity index (χ4v) is 3.86. The molecule has 0 spiro atoms. The number of nitrogens with zero attached hydrogens (tertiary/aromatic N) is 1. The molecule has 0 fully saturated rings. The summed E-state index contributed by atoms with van der Waals surface area (Å²) in [5.74, 6) is -0.817. The maximum atomic E-state index is 13.6. The van der Waals surface area contributed by atoms with E-state index >= 15 is 0 Å². The molecule has 4 rings (SSSR count). The number of alkyl halides is 3. The van der Waals surface area contributed by atoms with Crippen LogP contribution in [0.4, 0.5) is 23.7 Å². The minimum absolute atomic E-state index is 0.0613. The van der Waals surface area contributed by atoms with Crippen LogP contribution in [0.2, 0.25) is 0 Å². The fourth-order valence-electron chi connectivity index (χ4n) is 3.86. The van der Waals surface area contributed by atoms with E-state index in [1.54, 1.807) is 18.2 Å². The Labute approximate surface area is 217 Å². The zero-order valence-corrected chi connectivity index (χ0v) is 20.3. The molecule has 1 heterocycles. The molecule has 1 aromatic heterocycles. The van der Waals surface area contributed by atoms with Gasteiger partial charge in [0.15, 0.2) is 0 Å². The van der Waals surface area contributed by atoms with Crippen LogP contribution in [0.1, 0.15) is 38.7 Å². The summed E-state index contributed by atoms with van der Waals surface area (Å²) in [4.78, 5) is 29.3. The SMILES string of the molecule is Cc1cc(NC(=O)NC(=O)c2ccccc2Cc2ccccc2)cnc1OC(c1ccccc1)C(F)(F)F. The number of benzene rings is 3. The molecule has 194 valence electrons. The van der Waals surface area contributed by atoms with E-state index in [1.165, 1.54) is 37.3 Å². The molecule has 1 unspecified atom stereocenters. The predicted octanol–water partition coefficient (Wildman–Crippen LogP) is 6.63. The number of nitrogens with one attached hydrogen (secondary N) is 2. The largest absolute Gasteiger partial charge is 0.460 e. The first-order valence-corrected chi connectivity index (χ1v) is 11.7. The first-order chi connectivity index (χ1) is 18.2. The van der Waals surface area contributed by atoms with Crippen LogP contribution >= 0.6 is 0 Å². The molecule has 6 nitrogen and oxygen atoms in total. The number of urea groups is 1. The van der Waals surface area contributed by atoms with Crippen molar-refractivity contribution in [1.29, 1.82) is 0 Å². The summed E-state index contributed by atoms with van der Waals surface area (Å²) in [5.41, 5.74) is 2.51. The summed E-state index contributed by atoms with van der Waals surface area (Å²) < 4.78 is 46.1. The monoisotopic (exact) mass is 519 g/mol. The van der Waals surface area contributed by atoms with Gasteiger partial charge in [0.05, 0.1) is 11.9 Å². The number of amides is 3. The molecule has 0 aliphatic carbocycles. The average Bonchev–Trinajstić information content (AvgIpc) is 2.89. The van der Waals surface area contributed by atoms with Gasteiger partial charge < -0.3 is 10.1 Å². The van der Waals surface area contributed by atoms with E-state index in [2.05, 4.69) is 15.6 Å². The van der Waals surface area contributed by atoms with Gasteiger partial charge >= 0.3 is 12.2 Å². The smallest absolute Gasteiger partial charge is 0.429 e. The fraction of sp³-hybridized carbons (Fsp3) is 0.138. The van der Waals surface area contributed by atoms with Gasteiger partial charge in [-0.3, -0.25) is 10.1 Å². The first kappa shape index (κ1) is 26.4. The lowest BCUT2D eigenvalue weighted by Gasteiger charge is -2.22. The molecular weight excluding hydrogens is 495 g/mol. The molecule has 2 N–H and O–H groups in total. The third-order valence-electron chi connectivity index (χ3n) is 5.64. The lowest BCUT2D eigenvalue weighted by atomic mass is 9.99. The van der Waals surface area contributed by atoms with Crippen LogP contribution in [-0.2, 0) is 6.42 Å². The second kappa shape index (κ2) is 11.6. The highest BCUT2D eigenvalue weighted by atomic mass is 19.4. The van der Waals surface area contributed by atoms with E-state index in [0.717, 1.165) is 17.3 Å². The summed E-state index contributed by atoms with van der Waals surface area (Å²) in [6.07, 6.45) is -5.19. The molecule has 4 aromatic rings. The number of imide groups is 1. The number of anilines is 1. The van der Waals surface area contributed by atoms with Crippen LogP contribution in [0.3, 0.4) is 0 Å². The van der Waals surface area contributed by atoms with Gasteiger partial charge in [-0.2, -0.15) is 13.2 Å². The number of hydrogen-bond acceptors (Lipinski definition) is 4. The Morgan fingerprint density at radius 3 is 2.21 bits per heavy atom. The summed E-state index contributed by atoms with van der Waals surface area (Å²) in [7, 11) is 0. The maximum absolute atomic E-state index is 13.6. The average molecular weight is 520 g/mol. The zero-order chi connectivity index (χ0) is 27.1. The van der Waals surface area contributed by atoms with E-state index in [9.17, 15) is 22.8 Å². The van der Waals surface area contributed by atoms with Crippen molar-refractivity contribution in [2.45, 2.75) is 25.6 Å². The number of halogens is 3. The Morgan fingerprint density at radius 2 is 1.55 bits per heavy atom. The van der Waals surface area contributed by atoms with Crippen molar-refractivity contribution in [3.63, 3.8) is 0 Å². The lowest BCUT2D eigenvalue weighted by molar-refractivity contribution is -0.198. The Kier molecular flexibility index (Phi) is 8.06. The number of carbonyl (C=O) groups excluding carboxylic acids is 2. The molecule has 0 aliphatic rings. The standard InChI is InChI=1S/C29H24F3N3O3/c1-19-16-23(18-33-27(19)38-25(29(30,31)32)21-12-6-3-7-13-21)34-28(37)35-26(36)24-15-9-8-14-22(24)17-20-10-4-2-5-11-20/h2-16,18,25H,17H2,1H3,(H2,34,35,36,37). The highest BCUT2D eigenvalue weighted by molar-refractivity contribution is 6.08. The number of aromatic nitrogens is 1. The molecular formula is C29H24F3N3O3. The minimum Gasteiger partial charge on any atom is -0.460 e. The van der Waals surface area contributed by atoms with Crippen molar-refractivity contribution in [3.05, 3.63) is 125 Å². The third kappa shape index (κ3) is 6.76.